The largest absolute Gasteiger partial charge is 0.478 e. The number of carboxylic acids is 1. The van der Waals surface area contributed by atoms with Gasteiger partial charge < -0.3 is 5.11 Å². The molecule has 0 radical (unpaired) electrons. The first-order chi connectivity index (χ1) is 9.47. The van der Waals surface area contributed by atoms with E-state index in [0.29, 0.717) is 11.6 Å². The molecule has 0 atom stereocenters. The highest BCUT2D eigenvalue weighted by Crippen LogP contribution is 2.28. The van der Waals surface area contributed by atoms with Crippen molar-refractivity contribution in [1.29, 1.82) is 0 Å². The molecule has 104 valence electrons. The van der Waals surface area contributed by atoms with Gasteiger partial charge in [0.05, 0.1) is 11.3 Å². The van der Waals surface area contributed by atoms with Gasteiger partial charge in [0.1, 0.15) is 5.03 Å². The van der Waals surface area contributed by atoms with Crippen molar-refractivity contribution < 1.29 is 9.90 Å². The summed E-state index contributed by atoms with van der Waals surface area (Å²) in [6.45, 7) is 6.05. The molecule has 20 heavy (non-hydrogen) atoms. The number of rotatable bonds is 4. The first-order valence-electron chi connectivity index (χ1n) is 6.46. The second-order valence-corrected chi connectivity index (χ2v) is 6.01. The van der Waals surface area contributed by atoms with Crippen molar-refractivity contribution in [2.24, 2.45) is 0 Å². The SMILES string of the molecule is Cc1nc(Sc2ccc(C(C)C)cc2)ccc1C(=O)O. The molecule has 1 aromatic carbocycles. The van der Waals surface area contributed by atoms with Crippen molar-refractivity contribution in [2.45, 2.75) is 36.6 Å². The fourth-order valence-electron chi connectivity index (χ4n) is 1.86. The fraction of sp³-hybridized carbons (Fsp3) is 0.250. The third kappa shape index (κ3) is 3.39. The average Bonchev–Trinajstić information content (AvgIpc) is 2.39. The topological polar surface area (TPSA) is 50.2 Å². The Morgan fingerprint density at radius 1 is 1.15 bits per heavy atom. The number of nitrogens with zero attached hydrogens (tertiary/aromatic N) is 1. The van der Waals surface area contributed by atoms with Gasteiger partial charge in [-0.15, -0.1) is 0 Å². The van der Waals surface area contributed by atoms with Gasteiger partial charge in [-0.2, -0.15) is 0 Å². The number of carboxylic acid groups (broad SMARTS) is 1. The van der Waals surface area contributed by atoms with E-state index in [4.69, 9.17) is 5.11 Å². The summed E-state index contributed by atoms with van der Waals surface area (Å²) < 4.78 is 0. The highest BCUT2D eigenvalue weighted by atomic mass is 32.2. The molecule has 2 rings (SSSR count). The summed E-state index contributed by atoms with van der Waals surface area (Å²) >= 11 is 1.54. The van der Waals surface area contributed by atoms with Crippen LogP contribution in [0.4, 0.5) is 0 Å². The molecule has 0 saturated carbocycles. The van der Waals surface area contributed by atoms with Crippen molar-refractivity contribution in [2.75, 3.05) is 0 Å². The third-order valence-corrected chi connectivity index (χ3v) is 4.00. The van der Waals surface area contributed by atoms with E-state index in [2.05, 4.69) is 43.1 Å². The molecule has 1 heterocycles. The van der Waals surface area contributed by atoms with Crippen LogP contribution < -0.4 is 0 Å². The molecule has 0 spiro atoms. The number of aromatic carboxylic acids is 1. The molecular formula is C16H17NO2S. The van der Waals surface area contributed by atoms with Gasteiger partial charge >= 0.3 is 5.97 Å². The minimum atomic E-state index is -0.937. The van der Waals surface area contributed by atoms with Gasteiger partial charge in [-0.1, -0.05) is 37.7 Å². The molecule has 0 aliphatic carbocycles. The van der Waals surface area contributed by atoms with Crippen LogP contribution in [-0.2, 0) is 0 Å². The molecule has 4 heteroatoms. The molecule has 0 bridgehead atoms. The Balaban J connectivity index is 2.17. The number of pyridine rings is 1. The zero-order valence-electron chi connectivity index (χ0n) is 11.8. The Labute approximate surface area is 123 Å². The number of benzene rings is 1. The number of hydrogen-bond donors (Lipinski definition) is 1. The van der Waals surface area contributed by atoms with Crippen LogP contribution in [0.25, 0.3) is 0 Å². The van der Waals surface area contributed by atoms with E-state index in [1.807, 2.05) is 0 Å². The lowest BCUT2D eigenvalue weighted by Gasteiger charge is -2.07. The van der Waals surface area contributed by atoms with Crippen LogP contribution in [0.5, 0.6) is 0 Å². The molecule has 0 fully saturated rings. The van der Waals surface area contributed by atoms with E-state index >= 15 is 0 Å². The molecule has 3 nitrogen and oxygen atoms in total. The van der Waals surface area contributed by atoms with Crippen LogP contribution >= 0.6 is 11.8 Å². The van der Waals surface area contributed by atoms with Crippen LogP contribution in [0.3, 0.4) is 0 Å². The highest BCUT2D eigenvalue weighted by Gasteiger charge is 2.09. The van der Waals surface area contributed by atoms with Gasteiger partial charge in [-0.25, -0.2) is 9.78 Å². The number of hydrogen-bond acceptors (Lipinski definition) is 3. The van der Waals surface area contributed by atoms with E-state index in [1.165, 1.54) is 17.3 Å². The lowest BCUT2D eigenvalue weighted by molar-refractivity contribution is 0.0695. The fourth-order valence-corrected chi connectivity index (χ4v) is 2.69. The van der Waals surface area contributed by atoms with Gasteiger partial charge in [-0.05, 0) is 42.7 Å². The van der Waals surface area contributed by atoms with Crippen molar-refractivity contribution in [3.8, 4) is 0 Å². The maximum Gasteiger partial charge on any atom is 0.337 e. The molecule has 0 unspecified atom stereocenters. The van der Waals surface area contributed by atoms with Gasteiger partial charge in [0.25, 0.3) is 0 Å². The molecule has 1 N–H and O–H groups in total. The summed E-state index contributed by atoms with van der Waals surface area (Å²) in [5.41, 5.74) is 2.10. The van der Waals surface area contributed by atoms with Gasteiger partial charge in [0.2, 0.25) is 0 Å². The summed E-state index contributed by atoms with van der Waals surface area (Å²) in [6.07, 6.45) is 0. The molecule has 0 aliphatic heterocycles. The molecule has 1 aromatic heterocycles. The maximum absolute atomic E-state index is 10.9. The van der Waals surface area contributed by atoms with Gasteiger partial charge in [0, 0.05) is 4.90 Å². The Hall–Kier alpha value is -1.81. The molecule has 2 aromatic rings. The normalized spacial score (nSPS) is 10.8. The number of carbonyl (C=O) groups is 1. The van der Waals surface area contributed by atoms with E-state index in [9.17, 15) is 4.79 Å². The van der Waals surface area contributed by atoms with E-state index in [1.54, 1.807) is 19.1 Å². The number of aromatic nitrogens is 1. The van der Waals surface area contributed by atoms with Crippen molar-refractivity contribution in [3.63, 3.8) is 0 Å². The molecule has 0 saturated heterocycles. The van der Waals surface area contributed by atoms with Crippen LogP contribution in [-0.4, -0.2) is 16.1 Å². The van der Waals surface area contributed by atoms with Crippen molar-refractivity contribution >= 4 is 17.7 Å². The Kier molecular flexibility index (Phi) is 4.45. The smallest absolute Gasteiger partial charge is 0.337 e. The Morgan fingerprint density at radius 2 is 1.80 bits per heavy atom. The highest BCUT2D eigenvalue weighted by molar-refractivity contribution is 7.99. The van der Waals surface area contributed by atoms with Crippen LogP contribution in [0, 0.1) is 6.92 Å². The second kappa shape index (κ2) is 6.09. The summed E-state index contributed by atoms with van der Waals surface area (Å²) in [5, 5.41) is 9.79. The Bertz CT molecular complexity index is 621. The zero-order chi connectivity index (χ0) is 14.7. The molecular weight excluding hydrogens is 270 g/mol. The second-order valence-electron chi connectivity index (χ2n) is 4.91. The summed E-state index contributed by atoms with van der Waals surface area (Å²) in [6, 6.07) is 11.7. The van der Waals surface area contributed by atoms with Crippen molar-refractivity contribution in [1.82, 2.24) is 4.98 Å². The number of aryl methyl sites for hydroxylation is 1. The van der Waals surface area contributed by atoms with Crippen LogP contribution in [0.15, 0.2) is 46.3 Å². The predicted octanol–water partition coefficient (Wildman–Crippen LogP) is 4.36. The van der Waals surface area contributed by atoms with Crippen LogP contribution in [0.2, 0.25) is 0 Å². The average molecular weight is 287 g/mol. The monoisotopic (exact) mass is 287 g/mol. The van der Waals surface area contributed by atoms with Crippen LogP contribution in [0.1, 0.15) is 41.4 Å². The van der Waals surface area contributed by atoms with E-state index < -0.39 is 5.97 Å². The van der Waals surface area contributed by atoms with Gasteiger partial charge in [-0.3, -0.25) is 0 Å². The van der Waals surface area contributed by atoms with Gasteiger partial charge in [0.15, 0.2) is 0 Å². The summed E-state index contributed by atoms with van der Waals surface area (Å²) in [4.78, 5) is 16.4. The predicted molar refractivity (Wildman–Crippen MR) is 80.6 cm³/mol. The van der Waals surface area contributed by atoms with E-state index in [-0.39, 0.29) is 5.56 Å². The summed E-state index contributed by atoms with van der Waals surface area (Å²) in [5.74, 6) is -0.419. The minimum absolute atomic E-state index is 0.254. The molecule has 0 amide bonds. The minimum Gasteiger partial charge on any atom is -0.478 e. The lowest BCUT2D eigenvalue weighted by Crippen LogP contribution is -2.01. The molecule has 0 aliphatic rings. The van der Waals surface area contributed by atoms with Crippen molar-refractivity contribution in [3.05, 3.63) is 53.2 Å². The zero-order valence-corrected chi connectivity index (χ0v) is 12.6. The Morgan fingerprint density at radius 3 is 2.30 bits per heavy atom. The first-order valence-corrected chi connectivity index (χ1v) is 7.28. The quantitative estimate of drug-likeness (QED) is 0.907. The third-order valence-electron chi connectivity index (χ3n) is 3.06. The first kappa shape index (κ1) is 14.6. The standard InChI is InChI=1S/C16H17NO2S/c1-10(2)12-4-6-13(7-5-12)20-15-9-8-14(16(18)19)11(3)17-15/h4-10H,1-3H3,(H,18,19). The van der Waals surface area contributed by atoms with E-state index in [0.717, 1.165) is 9.92 Å². The maximum atomic E-state index is 10.9. The summed E-state index contributed by atoms with van der Waals surface area (Å²) in [7, 11) is 0. The lowest BCUT2D eigenvalue weighted by atomic mass is 10.0.